The Balaban J connectivity index is 1.50. The molecule has 204 valence electrons. The predicted octanol–water partition coefficient (Wildman–Crippen LogP) is 1.70. The third kappa shape index (κ3) is 3.85. The molecule has 3 unspecified atom stereocenters. The van der Waals surface area contributed by atoms with Crippen LogP contribution in [0.25, 0.3) is 0 Å². The van der Waals surface area contributed by atoms with E-state index in [4.69, 9.17) is 10.6 Å². The molecule has 0 radical (unpaired) electrons. The fraction of sp³-hybridized carbons (Fsp3) is 0.400. The van der Waals surface area contributed by atoms with E-state index in [1.807, 2.05) is 0 Å². The average Bonchev–Trinajstić information content (AvgIpc) is 3.47. The van der Waals surface area contributed by atoms with Crippen LogP contribution >= 0.6 is 0 Å². The first-order chi connectivity index (χ1) is 18.5. The predicted molar refractivity (Wildman–Crippen MR) is 127 cm³/mol. The Bertz CT molecular complexity index is 1540. The van der Waals surface area contributed by atoms with Gasteiger partial charge in [0, 0.05) is 49.5 Å². The molecule has 3 aliphatic rings. The molecular formula is C25H24F3N7O4. The molecule has 2 fully saturated rings. The van der Waals surface area contributed by atoms with Crippen molar-refractivity contribution in [3.05, 3.63) is 81.3 Å². The number of benzene rings is 1. The second-order valence-corrected chi connectivity index (χ2v) is 10.3. The summed E-state index contributed by atoms with van der Waals surface area (Å²) in [5.41, 5.74) is 1.92. The number of primary amides is 1. The summed E-state index contributed by atoms with van der Waals surface area (Å²) < 4.78 is 44.6. The van der Waals surface area contributed by atoms with E-state index >= 15 is 0 Å². The molecule has 6 rings (SSSR count). The van der Waals surface area contributed by atoms with Crippen LogP contribution < -0.4 is 11.2 Å². The molecule has 3 aromatic rings. The van der Waals surface area contributed by atoms with Gasteiger partial charge in [-0.05, 0) is 19.8 Å². The minimum atomic E-state index is -1.17. The van der Waals surface area contributed by atoms with Gasteiger partial charge in [-0.3, -0.25) is 19.2 Å². The van der Waals surface area contributed by atoms with Crippen molar-refractivity contribution in [2.24, 2.45) is 5.73 Å². The lowest BCUT2D eigenvalue weighted by Gasteiger charge is -2.41. The summed E-state index contributed by atoms with van der Waals surface area (Å²) in [5.74, 6) is -4.49. The summed E-state index contributed by atoms with van der Waals surface area (Å²) in [6.07, 6.45) is 5.35. The van der Waals surface area contributed by atoms with Crippen molar-refractivity contribution in [3.63, 3.8) is 0 Å². The maximum absolute atomic E-state index is 14.7. The van der Waals surface area contributed by atoms with Crippen molar-refractivity contribution in [1.82, 2.24) is 29.5 Å². The molecule has 2 amide bonds. The smallest absolute Gasteiger partial charge is 0.270 e. The number of nitrogens with two attached hydrogens (primary N) is 1. The van der Waals surface area contributed by atoms with Crippen molar-refractivity contribution in [3.8, 4) is 0 Å². The van der Waals surface area contributed by atoms with Gasteiger partial charge in [0.25, 0.3) is 11.8 Å². The third-order valence-electron chi connectivity index (χ3n) is 7.94. The lowest BCUT2D eigenvalue weighted by Crippen LogP contribution is -2.51. The van der Waals surface area contributed by atoms with E-state index in [1.165, 1.54) is 28.5 Å². The van der Waals surface area contributed by atoms with Crippen LogP contribution in [0.3, 0.4) is 0 Å². The summed E-state index contributed by atoms with van der Waals surface area (Å²) in [6, 6.07) is 1.70. The lowest BCUT2D eigenvalue weighted by molar-refractivity contribution is -0.256. The number of hydrogen-bond donors (Lipinski definition) is 1. The zero-order valence-corrected chi connectivity index (χ0v) is 20.8. The average molecular weight is 544 g/mol. The van der Waals surface area contributed by atoms with Crippen molar-refractivity contribution in [1.29, 1.82) is 0 Å². The van der Waals surface area contributed by atoms with E-state index in [2.05, 4.69) is 10.2 Å². The van der Waals surface area contributed by atoms with E-state index < -0.39 is 58.2 Å². The highest BCUT2D eigenvalue weighted by atomic mass is 19.1. The maximum Gasteiger partial charge on any atom is 0.270 e. The number of pyridine rings is 1. The Morgan fingerprint density at radius 1 is 1.15 bits per heavy atom. The monoisotopic (exact) mass is 543 g/mol. The Hall–Kier alpha value is -4.04. The molecule has 11 nitrogen and oxygen atoms in total. The van der Waals surface area contributed by atoms with Crippen LogP contribution in [0.4, 0.5) is 13.2 Å². The molecule has 1 aromatic carbocycles. The van der Waals surface area contributed by atoms with Gasteiger partial charge in [-0.15, -0.1) is 0 Å². The SMILES string of the molecule is CC1(n2nccn2)CC2(CCCN3CC2n2cc(C(N)=O)c(=O)cc2C3=O)ON1Cc1c(F)cc(F)cc1F. The molecule has 14 heteroatoms. The first-order valence-electron chi connectivity index (χ1n) is 12.3. The van der Waals surface area contributed by atoms with Gasteiger partial charge in [0.1, 0.15) is 34.3 Å². The zero-order chi connectivity index (χ0) is 27.7. The lowest BCUT2D eigenvalue weighted by atomic mass is 9.82. The highest BCUT2D eigenvalue weighted by Gasteiger charge is 2.60. The summed E-state index contributed by atoms with van der Waals surface area (Å²) in [7, 11) is 0. The Morgan fingerprint density at radius 2 is 1.85 bits per heavy atom. The van der Waals surface area contributed by atoms with Crippen LogP contribution in [-0.4, -0.2) is 60.0 Å². The highest BCUT2D eigenvalue weighted by molar-refractivity contribution is 5.96. The standard InChI is InChI=1S/C25H24F3N7O4/c1-24(35-30-4-5-31-35)13-25(39-34(24)11-15-17(27)7-14(26)8-18(15)28)3-2-6-32-12-21(25)33-10-16(22(29)37)20(36)9-19(33)23(32)38/h4-5,7-10,21H,2-3,6,11-13H2,1H3,(H2,29,37). The summed E-state index contributed by atoms with van der Waals surface area (Å²) in [4.78, 5) is 47.4. The number of fused-ring (bicyclic) bond motifs is 5. The van der Waals surface area contributed by atoms with Gasteiger partial charge in [0.05, 0.1) is 25.0 Å². The molecule has 39 heavy (non-hydrogen) atoms. The van der Waals surface area contributed by atoms with Crippen LogP contribution in [0.15, 0.2) is 41.6 Å². The molecule has 2 N–H and O–H groups in total. The van der Waals surface area contributed by atoms with Gasteiger partial charge in [-0.1, -0.05) is 0 Å². The topological polar surface area (TPSA) is 129 Å². The Kier molecular flexibility index (Phi) is 5.66. The summed E-state index contributed by atoms with van der Waals surface area (Å²) >= 11 is 0. The molecular weight excluding hydrogens is 519 g/mol. The molecule has 3 aliphatic heterocycles. The Labute approximate surface area is 219 Å². The number of nitrogens with zero attached hydrogens (tertiary/aromatic N) is 6. The van der Waals surface area contributed by atoms with Gasteiger partial charge in [0.2, 0.25) is 0 Å². The number of hydrogen-bond acceptors (Lipinski definition) is 7. The van der Waals surface area contributed by atoms with Gasteiger partial charge in [0.15, 0.2) is 11.1 Å². The molecule has 0 saturated carbocycles. The maximum atomic E-state index is 14.7. The number of carbonyl (C=O) groups is 2. The van der Waals surface area contributed by atoms with Crippen LogP contribution in [0.2, 0.25) is 0 Å². The largest absolute Gasteiger partial charge is 0.365 e. The van der Waals surface area contributed by atoms with E-state index in [0.717, 1.165) is 6.07 Å². The summed E-state index contributed by atoms with van der Waals surface area (Å²) in [5, 5.41) is 9.91. The fourth-order valence-corrected chi connectivity index (χ4v) is 6.08. The molecule has 2 aromatic heterocycles. The van der Waals surface area contributed by atoms with Crippen LogP contribution in [0.1, 0.15) is 58.6 Å². The minimum Gasteiger partial charge on any atom is -0.365 e. The number of amides is 2. The van der Waals surface area contributed by atoms with E-state index in [-0.39, 0.29) is 30.1 Å². The Morgan fingerprint density at radius 3 is 2.51 bits per heavy atom. The van der Waals surface area contributed by atoms with Gasteiger partial charge >= 0.3 is 0 Å². The summed E-state index contributed by atoms with van der Waals surface area (Å²) in [6.45, 7) is 1.93. The second-order valence-electron chi connectivity index (χ2n) is 10.3. The van der Waals surface area contributed by atoms with Crippen LogP contribution in [0.5, 0.6) is 0 Å². The normalized spacial score (nSPS) is 26.6. The molecule has 1 spiro atoms. The van der Waals surface area contributed by atoms with Crippen molar-refractivity contribution >= 4 is 11.8 Å². The number of hydroxylamine groups is 2. The first kappa shape index (κ1) is 25.2. The molecule has 5 heterocycles. The number of carbonyl (C=O) groups excluding carboxylic acids is 2. The molecule has 2 saturated heterocycles. The molecule has 2 bridgehead atoms. The van der Waals surface area contributed by atoms with Crippen LogP contribution in [-0.2, 0) is 17.0 Å². The molecule has 3 atom stereocenters. The highest BCUT2D eigenvalue weighted by Crippen LogP contribution is 2.52. The fourth-order valence-electron chi connectivity index (χ4n) is 6.08. The van der Waals surface area contributed by atoms with E-state index in [9.17, 15) is 27.6 Å². The van der Waals surface area contributed by atoms with E-state index in [0.29, 0.717) is 31.5 Å². The van der Waals surface area contributed by atoms with Crippen molar-refractivity contribution in [2.75, 3.05) is 13.1 Å². The number of halogens is 3. The number of aromatic nitrogens is 4. The molecule has 0 aliphatic carbocycles. The quantitative estimate of drug-likeness (QED) is 0.530. The first-order valence-corrected chi connectivity index (χ1v) is 12.3. The van der Waals surface area contributed by atoms with Gasteiger partial charge in [-0.25, -0.2) is 13.2 Å². The van der Waals surface area contributed by atoms with Gasteiger partial charge < -0.3 is 15.2 Å². The minimum absolute atomic E-state index is 0.0825. The van der Waals surface area contributed by atoms with E-state index in [1.54, 1.807) is 16.4 Å². The van der Waals surface area contributed by atoms with Crippen LogP contribution in [0, 0.1) is 17.5 Å². The van der Waals surface area contributed by atoms with Crippen molar-refractivity contribution in [2.45, 2.75) is 50.0 Å². The van der Waals surface area contributed by atoms with Crippen molar-refractivity contribution < 1.29 is 27.6 Å². The number of rotatable bonds is 4. The third-order valence-corrected chi connectivity index (χ3v) is 7.94. The zero-order valence-electron chi connectivity index (χ0n) is 20.8. The van der Waals surface area contributed by atoms with Gasteiger partial charge in [-0.2, -0.15) is 20.1 Å². The second kappa shape index (κ2) is 8.74.